The molecule has 0 fully saturated rings. The molecule has 0 radical (unpaired) electrons. The van der Waals surface area contributed by atoms with E-state index >= 15 is 0 Å². The van der Waals surface area contributed by atoms with Gasteiger partial charge in [0.15, 0.2) is 11.5 Å². The second-order valence-electron chi connectivity index (χ2n) is 5.00. The molecule has 23 heavy (non-hydrogen) atoms. The molecule has 0 unspecified atom stereocenters. The number of ether oxygens (including phenoxy) is 2. The minimum Gasteiger partial charge on any atom is -0.486 e. The van der Waals surface area contributed by atoms with E-state index in [2.05, 4.69) is 5.32 Å². The average molecular weight is 350 g/mol. The number of hydrogen-bond donors (Lipinski definition) is 1. The van der Waals surface area contributed by atoms with Gasteiger partial charge in [0.25, 0.3) is 0 Å². The van der Waals surface area contributed by atoms with E-state index in [1.54, 1.807) is 0 Å². The monoisotopic (exact) mass is 349 g/mol. The topological polar surface area (TPSA) is 47.6 Å². The number of nitrogens with one attached hydrogen (secondary N) is 1. The number of halogens is 1. The Kier molecular flexibility index (Phi) is 5.31. The zero-order chi connectivity index (χ0) is 16.1. The molecule has 3 rings (SSSR count). The molecule has 120 valence electrons. The number of carbonyl (C=O) groups excluding carboxylic acids is 1. The van der Waals surface area contributed by atoms with Crippen LogP contribution in [0.4, 0.5) is 0 Å². The molecule has 0 spiro atoms. The summed E-state index contributed by atoms with van der Waals surface area (Å²) in [6, 6.07) is 13.1. The standard InChI is InChI=1S/C17H16ClNO3S/c18-13-3-1-12(2-4-13)10-19-17(20)11-23-14-5-6-15-16(9-14)22-8-7-21-15/h1-6,9H,7-8,10-11H2,(H,19,20). The van der Waals surface area contributed by atoms with Crippen molar-refractivity contribution in [3.63, 3.8) is 0 Å². The van der Waals surface area contributed by atoms with Gasteiger partial charge in [-0.3, -0.25) is 4.79 Å². The van der Waals surface area contributed by atoms with Gasteiger partial charge in [-0.2, -0.15) is 0 Å². The van der Waals surface area contributed by atoms with Crippen molar-refractivity contribution in [2.24, 2.45) is 0 Å². The van der Waals surface area contributed by atoms with Crippen molar-refractivity contribution in [2.45, 2.75) is 11.4 Å². The first kappa shape index (κ1) is 16.0. The van der Waals surface area contributed by atoms with Gasteiger partial charge in [-0.15, -0.1) is 11.8 Å². The smallest absolute Gasteiger partial charge is 0.230 e. The van der Waals surface area contributed by atoms with Gasteiger partial charge < -0.3 is 14.8 Å². The Bertz CT molecular complexity index is 691. The molecule has 0 saturated heterocycles. The Morgan fingerprint density at radius 2 is 1.83 bits per heavy atom. The van der Waals surface area contributed by atoms with Crippen LogP contribution in [0.2, 0.25) is 5.02 Å². The lowest BCUT2D eigenvalue weighted by molar-refractivity contribution is -0.118. The lowest BCUT2D eigenvalue weighted by Gasteiger charge is -2.18. The molecular formula is C17H16ClNO3S. The fourth-order valence-corrected chi connectivity index (χ4v) is 3.00. The Labute approximate surface area is 144 Å². The van der Waals surface area contributed by atoms with Gasteiger partial charge in [0.05, 0.1) is 5.75 Å². The quantitative estimate of drug-likeness (QED) is 0.839. The van der Waals surface area contributed by atoms with E-state index in [1.165, 1.54) is 11.8 Å². The summed E-state index contributed by atoms with van der Waals surface area (Å²) in [6.07, 6.45) is 0. The second kappa shape index (κ2) is 7.62. The highest BCUT2D eigenvalue weighted by Gasteiger charge is 2.12. The van der Waals surface area contributed by atoms with E-state index in [0.717, 1.165) is 22.0 Å². The molecule has 0 aliphatic carbocycles. The maximum Gasteiger partial charge on any atom is 0.230 e. The predicted octanol–water partition coefficient (Wildman–Crippen LogP) is 3.52. The van der Waals surface area contributed by atoms with Crippen molar-refractivity contribution in [3.05, 3.63) is 53.1 Å². The molecule has 0 atom stereocenters. The molecule has 0 bridgehead atoms. The number of rotatable bonds is 5. The van der Waals surface area contributed by atoms with Crippen molar-refractivity contribution in [2.75, 3.05) is 19.0 Å². The number of thioether (sulfide) groups is 1. The molecule has 4 nitrogen and oxygen atoms in total. The summed E-state index contributed by atoms with van der Waals surface area (Å²) in [5, 5.41) is 3.58. The number of fused-ring (bicyclic) bond motifs is 1. The van der Waals surface area contributed by atoms with Crippen LogP contribution < -0.4 is 14.8 Å². The molecule has 2 aromatic carbocycles. The molecule has 6 heteroatoms. The number of hydrogen-bond acceptors (Lipinski definition) is 4. The summed E-state index contributed by atoms with van der Waals surface area (Å²) < 4.78 is 11.0. The predicted molar refractivity (Wildman–Crippen MR) is 91.5 cm³/mol. The van der Waals surface area contributed by atoms with Crippen molar-refractivity contribution in [1.29, 1.82) is 0 Å². The Hall–Kier alpha value is -1.85. The number of amides is 1. The van der Waals surface area contributed by atoms with Crippen LogP contribution in [0.3, 0.4) is 0 Å². The van der Waals surface area contributed by atoms with E-state index in [-0.39, 0.29) is 5.91 Å². The minimum absolute atomic E-state index is 0.0140. The molecule has 1 N–H and O–H groups in total. The van der Waals surface area contributed by atoms with E-state index < -0.39 is 0 Å². The van der Waals surface area contributed by atoms with E-state index in [4.69, 9.17) is 21.1 Å². The lowest BCUT2D eigenvalue weighted by Crippen LogP contribution is -2.24. The van der Waals surface area contributed by atoms with E-state index in [9.17, 15) is 4.79 Å². The second-order valence-corrected chi connectivity index (χ2v) is 6.48. The van der Waals surface area contributed by atoms with E-state index in [0.29, 0.717) is 30.5 Å². The van der Waals surface area contributed by atoms with Crippen molar-refractivity contribution in [3.8, 4) is 11.5 Å². The molecule has 0 saturated carbocycles. The van der Waals surface area contributed by atoms with Crippen LogP contribution in [0.15, 0.2) is 47.4 Å². The molecule has 0 aromatic heterocycles. The van der Waals surface area contributed by atoms with Gasteiger partial charge in [0.1, 0.15) is 13.2 Å². The first-order valence-corrected chi connectivity index (χ1v) is 8.61. The van der Waals surface area contributed by atoms with Crippen LogP contribution in [-0.2, 0) is 11.3 Å². The Balaban J connectivity index is 1.48. The third-order valence-electron chi connectivity index (χ3n) is 3.29. The summed E-state index contributed by atoms with van der Waals surface area (Å²) in [7, 11) is 0. The van der Waals surface area contributed by atoms with Gasteiger partial charge in [-0.05, 0) is 35.9 Å². The zero-order valence-corrected chi connectivity index (χ0v) is 14.0. The van der Waals surface area contributed by atoms with Crippen molar-refractivity contribution < 1.29 is 14.3 Å². The summed E-state index contributed by atoms with van der Waals surface area (Å²) in [6.45, 7) is 1.63. The zero-order valence-electron chi connectivity index (χ0n) is 12.4. The van der Waals surface area contributed by atoms with Crippen LogP contribution >= 0.6 is 23.4 Å². The molecule has 2 aromatic rings. The number of carbonyl (C=O) groups is 1. The molecule has 1 aliphatic rings. The fraction of sp³-hybridized carbons (Fsp3) is 0.235. The lowest BCUT2D eigenvalue weighted by atomic mass is 10.2. The highest BCUT2D eigenvalue weighted by molar-refractivity contribution is 8.00. The normalized spacial score (nSPS) is 12.7. The molecule has 1 aliphatic heterocycles. The third-order valence-corrected chi connectivity index (χ3v) is 4.53. The highest BCUT2D eigenvalue weighted by Crippen LogP contribution is 2.34. The molecule has 1 amide bonds. The summed E-state index contributed by atoms with van der Waals surface area (Å²) >= 11 is 7.30. The van der Waals surface area contributed by atoms with Gasteiger partial charge in [-0.1, -0.05) is 23.7 Å². The van der Waals surface area contributed by atoms with Gasteiger partial charge in [0.2, 0.25) is 5.91 Å². The first-order chi connectivity index (χ1) is 11.2. The highest BCUT2D eigenvalue weighted by atomic mass is 35.5. The fourth-order valence-electron chi connectivity index (χ4n) is 2.12. The average Bonchev–Trinajstić information content (AvgIpc) is 2.59. The van der Waals surface area contributed by atoms with Gasteiger partial charge in [0, 0.05) is 16.5 Å². The van der Waals surface area contributed by atoms with E-state index in [1.807, 2.05) is 42.5 Å². The Morgan fingerprint density at radius 3 is 2.61 bits per heavy atom. The maximum atomic E-state index is 11.9. The summed E-state index contributed by atoms with van der Waals surface area (Å²) in [5.41, 5.74) is 1.02. The molecule has 1 heterocycles. The summed E-state index contributed by atoms with van der Waals surface area (Å²) in [5.74, 6) is 1.84. The first-order valence-electron chi connectivity index (χ1n) is 7.24. The van der Waals surface area contributed by atoms with Crippen LogP contribution in [0.25, 0.3) is 0 Å². The minimum atomic E-state index is -0.0140. The third kappa shape index (κ3) is 4.56. The van der Waals surface area contributed by atoms with Crippen LogP contribution in [0, 0.1) is 0 Å². The van der Waals surface area contributed by atoms with Crippen molar-refractivity contribution >= 4 is 29.3 Å². The van der Waals surface area contributed by atoms with Crippen molar-refractivity contribution in [1.82, 2.24) is 5.32 Å². The van der Waals surface area contributed by atoms with Gasteiger partial charge in [-0.25, -0.2) is 0 Å². The van der Waals surface area contributed by atoms with Crippen LogP contribution in [-0.4, -0.2) is 24.9 Å². The number of benzene rings is 2. The Morgan fingerprint density at radius 1 is 1.09 bits per heavy atom. The SMILES string of the molecule is O=C(CSc1ccc2c(c1)OCCO2)NCc1ccc(Cl)cc1. The van der Waals surface area contributed by atoms with Gasteiger partial charge >= 0.3 is 0 Å². The maximum absolute atomic E-state index is 11.9. The molecular weight excluding hydrogens is 334 g/mol. The van der Waals surface area contributed by atoms with Crippen LogP contribution in [0.5, 0.6) is 11.5 Å². The van der Waals surface area contributed by atoms with Crippen LogP contribution in [0.1, 0.15) is 5.56 Å². The summed E-state index contributed by atoms with van der Waals surface area (Å²) in [4.78, 5) is 12.9. The largest absolute Gasteiger partial charge is 0.486 e.